The molecule has 0 aliphatic carbocycles. The van der Waals surface area contributed by atoms with Crippen LogP contribution in [-0.4, -0.2) is 36.8 Å². The Kier molecular flexibility index (Phi) is 4.50. The standard InChI is InChI=1S/C20H19N3O4/c1-25-16-9-8-15(11-17(16)26-2)23-12-14(10-18(23)24)20-21-19(22-27-20)13-6-4-3-5-7-13/h3-9,11,14H,10,12H2,1-2H3/t14-/m0/s1. The van der Waals surface area contributed by atoms with Crippen molar-refractivity contribution in [3.05, 3.63) is 54.4 Å². The molecule has 1 aliphatic heterocycles. The second-order valence-corrected chi connectivity index (χ2v) is 6.27. The second kappa shape index (κ2) is 7.11. The van der Waals surface area contributed by atoms with Gasteiger partial charge in [0.15, 0.2) is 11.5 Å². The van der Waals surface area contributed by atoms with Crippen molar-refractivity contribution in [2.45, 2.75) is 12.3 Å². The van der Waals surface area contributed by atoms with E-state index in [1.807, 2.05) is 36.4 Å². The Hall–Kier alpha value is -3.35. The Morgan fingerprint density at radius 3 is 2.59 bits per heavy atom. The van der Waals surface area contributed by atoms with Crippen LogP contribution in [0.3, 0.4) is 0 Å². The second-order valence-electron chi connectivity index (χ2n) is 6.27. The molecular formula is C20H19N3O4. The molecule has 27 heavy (non-hydrogen) atoms. The molecular weight excluding hydrogens is 346 g/mol. The zero-order valence-electron chi connectivity index (χ0n) is 15.1. The van der Waals surface area contributed by atoms with E-state index in [1.54, 1.807) is 31.3 Å². The molecule has 1 atom stereocenters. The van der Waals surface area contributed by atoms with Crippen LogP contribution in [0.2, 0.25) is 0 Å². The molecule has 0 spiro atoms. The van der Waals surface area contributed by atoms with Crippen molar-refractivity contribution in [2.24, 2.45) is 0 Å². The molecule has 4 rings (SSSR count). The number of hydrogen-bond donors (Lipinski definition) is 0. The van der Waals surface area contributed by atoms with Crippen molar-refractivity contribution in [2.75, 3.05) is 25.7 Å². The van der Waals surface area contributed by atoms with Gasteiger partial charge in [0.25, 0.3) is 0 Å². The molecule has 2 heterocycles. The third-order valence-corrected chi connectivity index (χ3v) is 4.63. The molecule has 7 nitrogen and oxygen atoms in total. The maximum absolute atomic E-state index is 12.6. The Morgan fingerprint density at radius 2 is 1.85 bits per heavy atom. The number of hydrogen-bond acceptors (Lipinski definition) is 6. The molecule has 1 amide bonds. The van der Waals surface area contributed by atoms with E-state index < -0.39 is 0 Å². The van der Waals surface area contributed by atoms with Gasteiger partial charge in [-0.1, -0.05) is 35.5 Å². The van der Waals surface area contributed by atoms with Gasteiger partial charge in [0.1, 0.15) is 0 Å². The van der Waals surface area contributed by atoms with Gasteiger partial charge in [-0.2, -0.15) is 4.98 Å². The predicted octanol–water partition coefficient (Wildman–Crippen LogP) is 3.27. The average molecular weight is 365 g/mol. The van der Waals surface area contributed by atoms with E-state index in [9.17, 15) is 4.79 Å². The lowest BCUT2D eigenvalue weighted by Crippen LogP contribution is -2.24. The lowest BCUT2D eigenvalue weighted by atomic mass is 10.1. The van der Waals surface area contributed by atoms with Crippen molar-refractivity contribution in [1.82, 2.24) is 10.1 Å². The highest BCUT2D eigenvalue weighted by Gasteiger charge is 2.35. The summed E-state index contributed by atoms with van der Waals surface area (Å²) in [6.45, 7) is 0.477. The fourth-order valence-corrected chi connectivity index (χ4v) is 3.22. The van der Waals surface area contributed by atoms with Crippen LogP contribution in [0, 0.1) is 0 Å². The fourth-order valence-electron chi connectivity index (χ4n) is 3.22. The average Bonchev–Trinajstić information content (AvgIpc) is 3.35. The normalized spacial score (nSPS) is 16.6. The fraction of sp³-hybridized carbons (Fsp3) is 0.250. The number of carbonyl (C=O) groups is 1. The van der Waals surface area contributed by atoms with E-state index >= 15 is 0 Å². The zero-order valence-corrected chi connectivity index (χ0v) is 15.1. The maximum atomic E-state index is 12.6. The first kappa shape index (κ1) is 17.1. The van der Waals surface area contributed by atoms with E-state index in [1.165, 1.54) is 0 Å². The van der Waals surface area contributed by atoms with Gasteiger partial charge in [-0.15, -0.1) is 0 Å². The summed E-state index contributed by atoms with van der Waals surface area (Å²) in [4.78, 5) is 18.7. The third kappa shape index (κ3) is 3.23. The monoisotopic (exact) mass is 365 g/mol. The minimum absolute atomic E-state index is 0.00619. The molecule has 138 valence electrons. The highest BCUT2D eigenvalue weighted by molar-refractivity contribution is 5.96. The van der Waals surface area contributed by atoms with Crippen molar-refractivity contribution >= 4 is 11.6 Å². The smallest absolute Gasteiger partial charge is 0.232 e. The van der Waals surface area contributed by atoms with Crippen LogP contribution in [-0.2, 0) is 4.79 Å². The summed E-state index contributed by atoms with van der Waals surface area (Å²) in [5, 5.41) is 4.05. The van der Waals surface area contributed by atoms with Gasteiger partial charge in [-0.25, -0.2) is 0 Å². The van der Waals surface area contributed by atoms with E-state index in [2.05, 4.69) is 10.1 Å². The first-order valence-corrected chi connectivity index (χ1v) is 8.61. The summed E-state index contributed by atoms with van der Waals surface area (Å²) in [7, 11) is 3.15. The molecule has 0 saturated carbocycles. The van der Waals surface area contributed by atoms with E-state index in [0.29, 0.717) is 36.2 Å². The Balaban J connectivity index is 1.55. The molecule has 0 bridgehead atoms. The van der Waals surface area contributed by atoms with Gasteiger partial charge >= 0.3 is 0 Å². The SMILES string of the molecule is COc1ccc(N2C[C@@H](c3nc(-c4ccccc4)no3)CC2=O)cc1OC. The minimum atomic E-state index is -0.143. The van der Waals surface area contributed by atoms with Crippen molar-refractivity contribution in [3.63, 3.8) is 0 Å². The van der Waals surface area contributed by atoms with Crippen LogP contribution < -0.4 is 14.4 Å². The van der Waals surface area contributed by atoms with Crippen molar-refractivity contribution < 1.29 is 18.8 Å². The number of ether oxygens (including phenoxy) is 2. The summed E-state index contributed by atoms with van der Waals surface area (Å²) in [5.74, 6) is 2.07. The highest BCUT2D eigenvalue weighted by Crippen LogP contribution is 2.36. The van der Waals surface area contributed by atoms with Crippen LogP contribution in [0.5, 0.6) is 11.5 Å². The molecule has 7 heteroatoms. The number of nitrogens with zero attached hydrogens (tertiary/aromatic N) is 3. The molecule has 1 aliphatic rings. The molecule has 1 aromatic heterocycles. The Bertz CT molecular complexity index is 955. The summed E-state index contributed by atoms with van der Waals surface area (Å²) in [6, 6.07) is 15.0. The third-order valence-electron chi connectivity index (χ3n) is 4.63. The molecule has 2 aromatic carbocycles. The predicted molar refractivity (Wildman–Crippen MR) is 99.0 cm³/mol. The molecule has 0 N–H and O–H groups in total. The topological polar surface area (TPSA) is 77.7 Å². The quantitative estimate of drug-likeness (QED) is 0.691. The molecule has 3 aromatic rings. The number of carbonyl (C=O) groups excluding carboxylic acids is 1. The number of aromatic nitrogens is 2. The maximum Gasteiger partial charge on any atom is 0.232 e. The summed E-state index contributed by atoms with van der Waals surface area (Å²) >= 11 is 0. The first-order valence-electron chi connectivity index (χ1n) is 8.61. The Labute approximate surface area is 156 Å². The highest BCUT2D eigenvalue weighted by atomic mass is 16.5. The zero-order chi connectivity index (χ0) is 18.8. The molecule has 0 radical (unpaired) electrons. The van der Waals surface area contributed by atoms with Crippen molar-refractivity contribution in [3.8, 4) is 22.9 Å². The summed E-state index contributed by atoms with van der Waals surface area (Å²) < 4.78 is 16.0. The number of anilines is 1. The molecule has 1 saturated heterocycles. The first-order chi connectivity index (χ1) is 13.2. The van der Waals surface area contributed by atoms with Gasteiger partial charge in [0.05, 0.1) is 20.1 Å². The number of benzene rings is 2. The van der Waals surface area contributed by atoms with Crippen LogP contribution >= 0.6 is 0 Å². The van der Waals surface area contributed by atoms with Gasteiger partial charge < -0.3 is 18.9 Å². The van der Waals surface area contributed by atoms with E-state index in [4.69, 9.17) is 14.0 Å². The lowest BCUT2D eigenvalue weighted by molar-refractivity contribution is -0.117. The summed E-state index contributed by atoms with van der Waals surface area (Å²) in [6.07, 6.45) is 0.324. The number of amides is 1. The summed E-state index contributed by atoms with van der Waals surface area (Å²) in [5.41, 5.74) is 1.64. The molecule has 0 unspecified atom stereocenters. The number of rotatable bonds is 5. The van der Waals surface area contributed by atoms with Gasteiger partial charge in [-0.05, 0) is 12.1 Å². The van der Waals surface area contributed by atoms with Crippen LogP contribution in [0.25, 0.3) is 11.4 Å². The largest absolute Gasteiger partial charge is 0.493 e. The van der Waals surface area contributed by atoms with E-state index in [-0.39, 0.29) is 11.8 Å². The van der Waals surface area contributed by atoms with Crippen molar-refractivity contribution in [1.29, 1.82) is 0 Å². The van der Waals surface area contributed by atoms with Gasteiger partial charge in [0.2, 0.25) is 17.6 Å². The lowest BCUT2D eigenvalue weighted by Gasteiger charge is -2.18. The van der Waals surface area contributed by atoms with Gasteiger partial charge in [0, 0.05) is 30.3 Å². The Morgan fingerprint density at radius 1 is 1.07 bits per heavy atom. The van der Waals surface area contributed by atoms with Gasteiger partial charge in [-0.3, -0.25) is 4.79 Å². The van der Waals surface area contributed by atoms with Crippen LogP contribution in [0.4, 0.5) is 5.69 Å². The minimum Gasteiger partial charge on any atom is -0.493 e. The van der Waals surface area contributed by atoms with Crippen LogP contribution in [0.15, 0.2) is 53.1 Å². The number of methoxy groups -OCH3 is 2. The molecule has 1 fully saturated rings. The van der Waals surface area contributed by atoms with Crippen LogP contribution in [0.1, 0.15) is 18.2 Å². The van der Waals surface area contributed by atoms with E-state index in [0.717, 1.165) is 11.3 Å².